The monoisotopic (exact) mass is 268 g/mol. The molecule has 1 aromatic carbocycles. The van der Waals surface area contributed by atoms with E-state index in [0.29, 0.717) is 10.5 Å². The van der Waals surface area contributed by atoms with Gasteiger partial charge in [0.25, 0.3) is 0 Å². The first-order chi connectivity index (χ1) is 8.03. The van der Waals surface area contributed by atoms with Crippen molar-refractivity contribution >= 4 is 40.1 Å². The van der Waals surface area contributed by atoms with E-state index in [2.05, 4.69) is 17.6 Å². The minimum Gasteiger partial charge on any atom is -0.369 e. The van der Waals surface area contributed by atoms with Crippen LogP contribution >= 0.6 is 24.0 Å². The van der Waals surface area contributed by atoms with Crippen LogP contribution in [0.3, 0.4) is 0 Å². The van der Waals surface area contributed by atoms with E-state index in [1.807, 2.05) is 0 Å². The number of hydrogen-bond donors (Lipinski definition) is 2. The second kappa shape index (κ2) is 3.43. The van der Waals surface area contributed by atoms with Gasteiger partial charge in [0.1, 0.15) is 16.2 Å². The smallest absolute Gasteiger partial charge is 0.230 e. The number of hydrogen-bond acceptors (Lipinski definition) is 4. The van der Waals surface area contributed by atoms with Crippen LogP contribution in [0.1, 0.15) is 17.8 Å². The number of rotatable bonds is 2. The molecule has 2 aromatic rings. The van der Waals surface area contributed by atoms with Crippen LogP contribution in [0.25, 0.3) is 10.2 Å². The number of nitrogens with zero attached hydrogens (tertiary/aromatic N) is 1. The maximum atomic E-state index is 13.3. The minimum absolute atomic E-state index is 0.289. The van der Waals surface area contributed by atoms with Gasteiger partial charge in [0.2, 0.25) is 5.91 Å². The summed E-state index contributed by atoms with van der Waals surface area (Å²) >= 11 is 5.41. The second-order valence-electron chi connectivity index (χ2n) is 4.24. The van der Waals surface area contributed by atoms with Gasteiger partial charge in [-0.1, -0.05) is 0 Å². The van der Waals surface area contributed by atoms with Crippen LogP contribution in [0.2, 0.25) is 0 Å². The lowest BCUT2D eigenvalue weighted by Gasteiger charge is -2.04. The fourth-order valence-electron chi connectivity index (χ4n) is 1.83. The van der Waals surface area contributed by atoms with Gasteiger partial charge >= 0.3 is 0 Å². The van der Waals surface area contributed by atoms with E-state index in [4.69, 9.17) is 5.73 Å². The van der Waals surface area contributed by atoms with Gasteiger partial charge in [0.05, 0.1) is 10.2 Å². The van der Waals surface area contributed by atoms with Crippen molar-refractivity contribution < 1.29 is 9.18 Å². The van der Waals surface area contributed by atoms with Crippen LogP contribution < -0.4 is 5.73 Å². The summed E-state index contributed by atoms with van der Waals surface area (Å²) in [5.74, 6) is -0.746. The lowest BCUT2D eigenvalue weighted by molar-refractivity contribution is -0.120. The summed E-state index contributed by atoms with van der Waals surface area (Å²) in [5, 5.41) is 0.693. The molecule has 0 aliphatic heterocycles. The molecule has 1 aromatic heterocycles. The largest absolute Gasteiger partial charge is 0.369 e. The third kappa shape index (κ3) is 1.55. The molecule has 2 N–H and O–H groups in total. The average molecular weight is 268 g/mol. The maximum absolute atomic E-state index is 13.3. The molecular weight excluding hydrogens is 259 g/mol. The number of amides is 1. The molecule has 0 saturated heterocycles. The Balaban J connectivity index is 2.18. The van der Waals surface area contributed by atoms with Gasteiger partial charge in [-0.25, -0.2) is 9.37 Å². The van der Waals surface area contributed by atoms with E-state index in [1.54, 1.807) is 6.07 Å². The molecule has 1 aliphatic rings. The van der Waals surface area contributed by atoms with Crippen LogP contribution in [0.15, 0.2) is 17.0 Å². The van der Waals surface area contributed by atoms with E-state index >= 15 is 0 Å². The topological polar surface area (TPSA) is 56.0 Å². The molecule has 1 saturated carbocycles. The van der Waals surface area contributed by atoms with Crippen LogP contribution in [-0.4, -0.2) is 10.9 Å². The van der Waals surface area contributed by atoms with Crippen molar-refractivity contribution in [3.63, 3.8) is 0 Å². The lowest BCUT2D eigenvalue weighted by atomic mass is 10.1. The third-order valence-corrected chi connectivity index (χ3v) is 4.65. The van der Waals surface area contributed by atoms with Crippen molar-refractivity contribution in [2.24, 2.45) is 5.73 Å². The Bertz CT molecular complexity index is 595. The number of benzene rings is 1. The predicted octanol–water partition coefficient (Wildman–Crippen LogP) is 2.24. The Morgan fingerprint density at radius 1 is 1.53 bits per heavy atom. The van der Waals surface area contributed by atoms with E-state index in [1.165, 1.54) is 17.4 Å². The minimum atomic E-state index is -0.600. The molecule has 3 rings (SSSR count). The molecule has 3 nitrogen and oxygen atoms in total. The van der Waals surface area contributed by atoms with E-state index in [9.17, 15) is 9.18 Å². The van der Waals surface area contributed by atoms with Crippen molar-refractivity contribution in [3.05, 3.63) is 23.0 Å². The Labute approximate surface area is 106 Å². The summed E-state index contributed by atoms with van der Waals surface area (Å²) in [5.41, 5.74) is 5.35. The number of carbonyl (C=O) groups excluding carboxylic acids is 1. The van der Waals surface area contributed by atoms with Crippen molar-refractivity contribution in [2.75, 3.05) is 0 Å². The van der Waals surface area contributed by atoms with Crippen molar-refractivity contribution in [2.45, 2.75) is 23.2 Å². The van der Waals surface area contributed by atoms with Crippen LogP contribution in [0, 0.1) is 5.82 Å². The first-order valence-corrected chi connectivity index (χ1v) is 6.39. The number of halogens is 1. The molecule has 17 heavy (non-hydrogen) atoms. The average Bonchev–Trinajstić information content (AvgIpc) is 2.98. The van der Waals surface area contributed by atoms with E-state index in [-0.39, 0.29) is 10.8 Å². The number of aromatic nitrogens is 1. The predicted molar refractivity (Wildman–Crippen MR) is 66.9 cm³/mol. The molecule has 1 aliphatic carbocycles. The Kier molecular flexibility index (Phi) is 2.21. The van der Waals surface area contributed by atoms with Gasteiger partial charge < -0.3 is 5.73 Å². The Hall–Kier alpha value is -1.14. The Morgan fingerprint density at radius 3 is 2.82 bits per heavy atom. The molecule has 1 heterocycles. The van der Waals surface area contributed by atoms with Gasteiger partial charge in [-0.2, -0.15) is 0 Å². The number of carbonyl (C=O) groups is 1. The number of nitrogens with two attached hydrogens (primary N) is 1. The lowest BCUT2D eigenvalue weighted by Crippen LogP contribution is -2.28. The summed E-state index contributed by atoms with van der Waals surface area (Å²) in [6, 6.07) is 2.97. The molecule has 6 heteroatoms. The molecule has 0 unspecified atom stereocenters. The van der Waals surface area contributed by atoms with Crippen molar-refractivity contribution in [1.82, 2.24) is 4.98 Å². The highest BCUT2D eigenvalue weighted by atomic mass is 32.1. The van der Waals surface area contributed by atoms with Crippen LogP contribution in [-0.2, 0) is 10.2 Å². The molecule has 1 amide bonds. The summed E-state index contributed by atoms with van der Waals surface area (Å²) < 4.78 is 14.2. The summed E-state index contributed by atoms with van der Waals surface area (Å²) in [6.07, 6.45) is 1.47. The summed E-state index contributed by atoms with van der Waals surface area (Å²) in [6.45, 7) is 0. The summed E-state index contributed by atoms with van der Waals surface area (Å²) in [7, 11) is 0. The second-order valence-corrected chi connectivity index (χ2v) is 5.75. The fourth-order valence-corrected chi connectivity index (χ4v) is 3.35. The zero-order chi connectivity index (χ0) is 12.2. The number of thiazole rings is 1. The molecular formula is C11H9FN2OS2. The first-order valence-electron chi connectivity index (χ1n) is 5.12. The van der Waals surface area contributed by atoms with Gasteiger partial charge in [0, 0.05) is 11.0 Å². The van der Waals surface area contributed by atoms with Gasteiger partial charge in [0.15, 0.2) is 0 Å². The standard InChI is InChI=1S/C11H9FN2OS2/c12-5-3-6-8(4-7(5)16)17-10(14-6)11(1-2-11)9(13)15/h3-4,16H,1-2H2,(H2,13,15). The zero-order valence-electron chi connectivity index (χ0n) is 8.74. The van der Waals surface area contributed by atoms with Crippen molar-refractivity contribution in [3.8, 4) is 0 Å². The third-order valence-electron chi connectivity index (χ3n) is 3.09. The first kappa shape index (κ1) is 11.0. The molecule has 88 valence electrons. The zero-order valence-corrected chi connectivity index (χ0v) is 10.4. The van der Waals surface area contributed by atoms with Gasteiger partial charge in [-0.15, -0.1) is 24.0 Å². The van der Waals surface area contributed by atoms with Crippen LogP contribution in [0.4, 0.5) is 4.39 Å². The summed E-state index contributed by atoms with van der Waals surface area (Å²) in [4.78, 5) is 16.0. The molecule has 0 radical (unpaired) electrons. The molecule has 0 bridgehead atoms. The highest BCUT2D eigenvalue weighted by Gasteiger charge is 2.52. The molecule has 0 spiro atoms. The highest BCUT2D eigenvalue weighted by Crippen LogP contribution is 2.50. The van der Waals surface area contributed by atoms with Gasteiger partial charge in [-0.3, -0.25) is 4.79 Å². The molecule has 1 fully saturated rings. The fraction of sp³-hybridized carbons (Fsp3) is 0.273. The van der Waals surface area contributed by atoms with Gasteiger partial charge in [-0.05, 0) is 18.9 Å². The van der Waals surface area contributed by atoms with Crippen LogP contribution in [0.5, 0.6) is 0 Å². The van der Waals surface area contributed by atoms with E-state index in [0.717, 1.165) is 17.5 Å². The quantitative estimate of drug-likeness (QED) is 0.821. The Morgan fingerprint density at radius 2 is 2.24 bits per heavy atom. The van der Waals surface area contributed by atoms with Crippen molar-refractivity contribution in [1.29, 1.82) is 0 Å². The number of thiol groups is 1. The number of primary amides is 1. The molecule has 0 atom stereocenters. The maximum Gasteiger partial charge on any atom is 0.230 e. The number of fused-ring (bicyclic) bond motifs is 1. The highest BCUT2D eigenvalue weighted by molar-refractivity contribution is 7.80. The van der Waals surface area contributed by atoms with E-state index < -0.39 is 11.2 Å². The SMILES string of the molecule is NC(=O)C1(c2nc3cc(F)c(S)cc3s2)CC1. The normalized spacial score (nSPS) is 17.3.